The predicted molar refractivity (Wildman–Crippen MR) is 46.3 cm³/mol. The van der Waals surface area contributed by atoms with Gasteiger partial charge < -0.3 is 5.21 Å². The van der Waals surface area contributed by atoms with Gasteiger partial charge in [0.25, 0.3) is 0 Å². The summed E-state index contributed by atoms with van der Waals surface area (Å²) in [4.78, 5) is 4.24. The molecule has 1 aromatic carbocycles. The molecule has 62 valence electrons. The number of hydrogen-bond acceptors (Lipinski definition) is 2. The fourth-order valence-electron chi connectivity index (χ4n) is 1.29. The van der Waals surface area contributed by atoms with Crippen molar-refractivity contribution < 1.29 is 5.21 Å². The van der Waals surface area contributed by atoms with Crippen molar-refractivity contribution in [1.82, 2.24) is 9.71 Å². The number of aryl methyl sites for hydroxylation is 1. The molecule has 3 nitrogen and oxygen atoms in total. The van der Waals surface area contributed by atoms with Gasteiger partial charge in [0.2, 0.25) is 0 Å². The maximum absolute atomic E-state index is 9.54. The highest BCUT2D eigenvalue weighted by atomic mass is 16.5. The molecule has 0 aliphatic carbocycles. The van der Waals surface area contributed by atoms with Crippen molar-refractivity contribution in [3.8, 4) is 0 Å². The minimum atomic E-state index is 0.705. The van der Waals surface area contributed by atoms with Crippen molar-refractivity contribution in [3.63, 3.8) is 0 Å². The predicted octanol–water partition coefficient (Wildman–Crippen LogP) is 1.84. The first-order valence-corrected chi connectivity index (χ1v) is 3.98. The van der Waals surface area contributed by atoms with E-state index in [4.69, 9.17) is 0 Å². The topological polar surface area (TPSA) is 38.0 Å². The largest absolute Gasteiger partial charge is 0.427 e. The summed E-state index contributed by atoms with van der Waals surface area (Å²) in [6, 6.07) is 7.54. The van der Waals surface area contributed by atoms with Gasteiger partial charge in [-0.15, -0.1) is 0 Å². The van der Waals surface area contributed by atoms with Crippen LogP contribution in [0.15, 0.2) is 24.3 Å². The van der Waals surface area contributed by atoms with Gasteiger partial charge in [-0.2, -0.15) is 4.73 Å². The van der Waals surface area contributed by atoms with Crippen molar-refractivity contribution >= 4 is 11.0 Å². The first kappa shape index (κ1) is 7.16. The third-order valence-electron chi connectivity index (χ3n) is 1.92. The van der Waals surface area contributed by atoms with Crippen LogP contribution in [0.5, 0.6) is 0 Å². The molecule has 12 heavy (non-hydrogen) atoms. The molecule has 0 radical (unpaired) electrons. The van der Waals surface area contributed by atoms with Gasteiger partial charge in [0, 0.05) is 6.42 Å². The Labute approximate surface area is 70.2 Å². The Balaban J connectivity index is 2.78. The zero-order valence-electron chi connectivity index (χ0n) is 6.86. The van der Waals surface area contributed by atoms with Crippen molar-refractivity contribution in [2.24, 2.45) is 0 Å². The molecule has 3 heteroatoms. The molecule has 1 aromatic heterocycles. The average molecular weight is 162 g/mol. The Kier molecular flexibility index (Phi) is 1.50. The number of nitrogens with zero attached hydrogens (tertiary/aromatic N) is 2. The van der Waals surface area contributed by atoms with E-state index in [0.29, 0.717) is 5.82 Å². The lowest BCUT2D eigenvalue weighted by atomic mass is 10.3. The monoisotopic (exact) mass is 162 g/mol. The van der Waals surface area contributed by atoms with E-state index in [9.17, 15) is 5.21 Å². The van der Waals surface area contributed by atoms with E-state index in [-0.39, 0.29) is 0 Å². The number of para-hydroxylation sites is 2. The fourth-order valence-corrected chi connectivity index (χ4v) is 1.29. The maximum Gasteiger partial charge on any atom is 0.145 e. The van der Waals surface area contributed by atoms with E-state index in [2.05, 4.69) is 4.98 Å². The minimum absolute atomic E-state index is 0.705. The summed E-state index contributed by atoms with van der Waals surface area (Å²) in [7, 11) is 0. The van der Waals surface area contributed by atoms with Gasteiger partial charge in [-0.3, -0.25) is 0 Å². The van der Waals surface area contributed by atoms with Crippen LogP contribution in [0.1, 0.15) is 12.7 Å². The van der Waals surface area contributed by atoms with Crippen LogP contribution in [0.25, 0.3) is 11.0 Å². The normalized spacial score (nSPS) is 10.8. The van der Waals surface area contributed by atoms with E-state index in [1.54, 1.807) is 0 Å². The third-order valence-corrected chi connectivity index (χ3v) is 1.92. The molecule has 0 fully saturated rings. The minimum Gasteiger partial charge on any atom is -0.427 e. The van der Waals surface area contributed by atoms with Gasteiger partial charge in [-0.25, -0.2) is 4.98 Å². The summed E-state index contributed by atoms with van der Waals surface area (Å²) in [5, 5.41) is 9.54. The van der Waals surface area contributed by atoms with E-state index in [1.165, 1.54) is 0 Å². The summed E-state index contributed by atoms with van der Waals surface area (Å²) >= 11 is 0. The molecule has 1 heterocycles. The second kappa shape index (κ2) is 2.52. The lowest BCUT2D eigenvalue weighted by Gasteiger charge is -1.94. The number of benzene rings is 1. The Bertz CT molecular complexity index is 406. The average Bonchev–Trinajstić information content (AvgIpc) is 2.44. The standard InChI is InChI=1S/C9H10N2O/c1-2-9-10-7-5-3-4-6-8(7)11(9)12/h3-6,12H,2H2,1H3. The zero-order valence-corrected chi connectivity index (χ0v) is 6.86. The second-order valence-electron chi connectivity index (χ2n) is 2.68. The van der Waals surface area contributed by atoms with Gasteiger partial charge in [0.15, 0.2) is 0 Å². The highest BCUT2D eigenvalue weighted by molar-refractivity contribution is 5.75. The number of imidazole rings is 1. The summed E-state index contributed by atoms with van der Waals surface area (Å²) in [6.07, 6.45) is 0.741. The summed E-state index contributed by atoms with van der Waals surface area (Å²) in [5.74, 6) is 0.705. The van der Waals surface area contributed by atoms with E-state index in [1.807, 2.05) is 31.2 Å². The molecule has 0 aliphatic heterocycles. The van der Waals surface area contributed by atoms with E-state index >= 15 is 0 Å². The first-order valence-electron chi connectivity index (χ1n) is 3.98. The van der Waals surface area contributed by atoms with Gasteiger partial charge in [0.05, 0.1) is 5.52 Å². The van der Waals surface area contributed by atoms with Crippen molar-refractivity contribution in [2.45, 2.75) is 13.3 Å². The quantitative estimate of drug-likeness (QED) is 0.649. The Hall–Kier alpha value is -1.51. The molecule has 0 amide bonds. The maximum atomic E-state index is 9.54. The van der Waals surface area contributed by atoms with Crippen molar-refractivity contribution in [3.05, 3.63) is 30.1 Å². The first-order chi connectivity index (χ1) is 5.83. The van der Waals surface area contributed by atoms with Crippen molar-refractivity contribution in [1.29, 1.82) is 0 Å². The van der Waals surface area contributed by atoms with Crippen LogP contribution >= 0.6 is 0 Å². The molecule has 0 aliphatic rings. The molecule has 2 aromatic rings. The van der Waals surface area contributed by atoms with Crippen LogP contribution in [0.2, 0.25) is 0 Å². The van der Waals surface area contributed by atoms with Crippen LogP contribution in [0.3, 0.4) is 0 Å². The highest BCUT2D eigenvalue weighted by Crippen LogP contribution is 2.13. The van der Waals surface area contributed by atoms with Crippen LogP contribution in [0, 0.1) is 0 Å². The van der Waals surface area contributed by atoms with Gasteiger partial charge in [-0.05, 0) is 12.1 Å². The van der Waals surface area contributed by atoms with Crippen molar-refractivity contribution in [2.75, 3.05) is 0 Å². The summed E-state index contributed by atoms with van der Waals surface area (Å²) in [5.41, 5.74) is 1.62. The molecule has 0 bridgehead atoms. The number of aromatic nitrogens is 2. The molecule has 0 atom stereocenters. The van der Waals surface area contributed by atoms with Crippen LogP contribution in [-0.2, 0) is 6.42 Å². The molecular weight excluding hydrogens is 152 g/mol. The Morgan fingerprint density at radius 2 is 2.17 bits per heavy atom. The van der Waals surface area contributed by atoms with Gasteiger partial charge >= 0.3 is 0 Å². The summed E-state index contributed by atoms with van der Waals surface area (Å²) < 4.78 is 1.15. The molecule has 1 N–H and O–H groups in total. The lowest BCUT2D eigenvalue weighted by Crippen LogP contribution is -1.96. The highest BCUT2D eigenvalue weighted by Gasteiger charge is 2.05. The van der Waals surface area contributed by atoms with Crippen LogP contribution in [-0.4, -0.2) is 14.9 Å². The molecule has 0 saturated carbocycles. The number of fused-ring (bicyclic) bond motifs is 1. The molecule has 0 unspecified atom stereocenters. The third kappa shape index (κ3) is 0.863. The van der Waals surface area contributed by atoms with E-state index < -0.39 is 0 Å². The molecular formula is C9H10N2O. The molecule has 0 spiro atoms. The second-order valence-corrected chi connectivity index (χ2v) is 2.68. The Morgan fingerprint density at radius 3 is 2.83 bits per heavy atom. The molecule has 2 rings (SSSR count). The van der Waals surface area contributed by atoms with Gasteiger partial charge in [0.1, 0.15) is 11.3 Å². The smallest absolute Gasteiger partial charge is 0.145 e. The SMILES string of the molecule is CCc1nc2ccccc2n1O. The van der Waals surface area contributed by atoms with E-state index in [0.717, 1.165) is 22.2 Å². The Morgan fingerprint density at radius 1 is 1.42 bits per heavy atom. The van der Waals surface area contributed by atoms with Crippen LogP contribution < -0.4 is 0 Å². The number of hydrogen-bond donors (Lipinski definition) is 1. The number of rotatable bonds is 1. The molecule has 0 saturated heterocycles. The van der Waals surface area contributed by atoms with Gasteiger partial charge in [-0.1, -0.05) is 19.1 Å². The van der Waals surface area contributed by atoms with Crippen LogP contribution in [0.4, 0.5) is 0 Å². The zero-order chi connectivity index (χ0) is 8.55. The fraction of sp³-hybridized carbons (Fsp3) is 0.222. The summed E-state index contributed by atoms with van der Waals surface area (Å²) in [6.45, 7) is 1.97. The lowest BCUT2D eigenvalue weighted by molar-refractivity contribution is 0.188.